The van der Waals surface area contributed by atoms with Crippen molar-refractivity contribution in [3.63, 3.8) is 0 Å². The van der Waals surface area contributed by atoms with Crippen molar-refractivity contribution in [2.75, 3.05) is 167 Å². The van der Waals surface area contributed by atoms with E-state index in [0.29, 0.717) is 156 Å². The minimum absolute atomic E-state index is 0.140. The number of nitrogens with zero attached hydrogens (tertiary/aromatic N) is 9. The summed E-state index contributed by atoms with van der Waals surface area (Å²) in [6.45, 7) is 16.2. The summed E-state index contributed by atoms with van der Waals surface area (Å²) in [6.07, 6.45) is -0.344. The van der Waals surface area contributed by atoms with Gasteiger partial charge >= 0.3 is 6.09 Å². The van der Waals surface area contributed by atoms with Gasteiger partial charge in [-0.2, -0.15) is 9.97 Å². The normalized spacial score (nSPS) is 14.0. The lowest BCUT2D eigenvalue weighted by atomic mass is 10.1. The fraction of sp³-hybridized carbons (Fsp3) is 0.578. The lowest BCUT2D eigenvalue weighted by molar-refractivity contribution is 0.0180. The highest BCUT2D eigenvalue weighted by molar-refractivity contribution is 6.44. The molecule has 2 aromatic heterocycles. The zero-order chi connectivity index (χ0) is 51.2. The van der Waals surface area contributed by atoms with Gasteiger partial charge < -0.3 is 74.1 Å². The van der Waals surface area contributed by atoms with Crippen molar-refractivity contribution >= 4 is 76.0 Å². The molecule has 2 saturated heterocycles. The van der Waals surface area contributed by atoms with Crippen LogP contribution in [-0.2, 0) is 33.2 Å². The highest BCUT2D eigenvalue weighted by Crippen LogP contribution is 2.40. The molecule has 0 atom stereocenters. The van der Waals surface area contributed by atoms with Gasteiger partial charge in [0.2, 0.25) is 11.9 Å². The summed E-state index contributed by atoms with van der Waals surface area (Å²) in [5.41, 5.74) is 13.5. The lowest BCUT2D eigenvalue weighted by Crippen LogP contribution is -2.50. The Kier molecular flexibility index (Phi) is 24.1. The van der Waals surface area contributed by atoms with Crippen molar-refractivity contribution in [2.45, 2.75) is 26.4 Å². The number of nitrogens with one attached hydrogen (secondary N) is 1. The first-order chi connectivity index (χ1) is 34.2. The first kappa shape index (κ1) is 57.3. The molecule has 2 aromatic carbocycles. The van der Waals surface area contributed by atoms with Crippen molar-refractivity contribution < 1.29 is 47.4 Å². The fourth-order valence-corrected chi connectivity index (χ4v) is 7.41. The maximum atomic E-state index is 12.3. The van der Waals surface area contributed by atoms with E-state index in [-0.39, 0.29) is 33.5 Å². The van der Waals surface area contributed by atoms with Crippen LogP contribution < -0.4 is 36.1 Å². The number of amides is 1. The van der Waals surface area contributed by atoms with E-state index >= 15 is 0 Å². The van der Waals surface area contributed by atoms with Crippen molar-refractivity contribution in [1.82, 2.24) is 40.6 Å². The molecule has 0 radical (unpaired) electrons. The number of ether oxygens (including phenoxy) is 9. The monoisotopic (exact) mass is 1070 g/mol. The summed E-state index contributed by atoms with van der Waals surface area (Å²) in [7, 11) is 3.25. The number of carbonyl (C=O) groups excluding carboxylic acids is 1. The smallest absolute Gasteiger partial charge is 0.410 e. The summed E-state index contributed by atoms with van der Waals surface area (Å²) < 4.78 is 48.5. The molecule has 2 aliphatic rings. The van der Waals surface area contributed by atoms with Crippen LogP contribution in [0.25, 0.3) is 22.5 Å². The Balaban J connectivity index is 0.000000269. The van der Waals surface area contributed by atoms with Gasteiger partial charge in [-0.15, -0.1) is 20.4 Å². The maximum Gasteiger partial charge on any atom is 0.410 e. The molecule has 4 heterocycles. The van der Waals surface area contributed by atoms with Gasteiger partial charge in [-0.3, -0.25) is 0 Å². The number of nitrogen functional groups attached to an aromatic ring is 2. The Morgan fingerprint density at radius 3 is 1.37 bits per heavy atom. The van der Waals surface area contributed by atoms with Crippen LogP contribution in [0.3, 0.4) is 0 Å². The summed E-state index contributed by atoms with van der Waals surface area (Å²) in [5, 5.41) is 21.5. The second-order valence-electron chi connectivity index (χ2n) is 16.5. The Bertz CT molecular complexity index is 2280. The fourth-order valence-electron chi connectivity index (χ4n) is 6.59. The summed E-state index contributed by atoms with van der Waals surface area (Å²) in [6, 6.07) is 6.64. The van der Waals surface area contributed by atoms with E-state index < -0.39 is 5.60 Å². The summed E-state index contributed by atoms with van der Waals surface area (Å²) in [5.74, 6) is 2.20. The number of nitrogens with two attached hydrogens (primary N) is 2. The first-order valence-electron chi connectivity index (χ1n) is 22.9. The van der Waals surface area contributed by atoms with E-state index in [1.807, 2.05) is 30.6 Å². The molecule has 0 spiro atoms. The van der Waals surface area contributed by atoms with E-state index in [0.717, 1.165) is 26.2 Å². The third-order valence-corrected chi connectivity index (χ3v) is 11.7. The molecule has 0 saturated carbocycles. The van der Waals surface area contributed by atoms with E-state index in [9.17, 15) is 4.79 Å². The van der Waals surface area contributed by atoms with Crippen LogP contribution in [0.2, 0.25) is 20.1 Å². The third-order valence-electron chi connectivity index (χ3n) is 10.1. The molecular weight excluding hydrogens is 1010 g/mol. The number of hydrogen-bond donors (Lipinski definition) is 3. The van der Waals surface area contributed by atoms with E-state index in [1.165, 1.54) is 0 Å². The SMILES string of the molecule is COCCOCCOCCOc1cc(Cl)c(Cl)c(-c2nnc(N3CCN(C(=O)OC(C)(C)C)CC3)nc2N)c1.COCCOCCOCCOc1cc(Cl)c(Cl)c(-c2nnc(N3CCNCC3)nc2N)c1. The second-order valence-corrected chi connectivity index (χ2v) is 18.1. The van der Waals surface area contributed by atoms with Crippen LogP contribution in [0.1, 0.15) is 20.8 Å². The van der Waals surface area contributed by atoms with Crippen molar-refractivity contribution in [3.05, 3.63) is 44.4 Å². The number of benzene rings is 2. The molecule has 22 nitrogen and oxygen atoms in total. The molecule has 392 valence electrons. The molecular formula is C45H64Cl4N12O10. The van der Waals surface area contributed by atoms with Gasteiger partial charge in [0.1, 0.15) is 41.7 Å². The minimum Gasteiger partial charge on any atom is -0.491 e. The average Bonchev–Trinajstić information content (AvgIpc) is 3.35. The number of halogens is 4. The zero-order valence-corrected chi connectivity index (χ0v) is 43.7. The van der Waals surface area contributed by atoms with Crippen LogP contribution >= 0.6 is 46.4 Å². The molecule has 2 fully saturated rings. The van der Waals surface area contributed by atoms with E-state index in [4.69, 9.17) is 101 Å². The standard InChI is InChI=1S/C25H36Cl2N6O6.C20H28Cl2N6O4/c1-25(2,3)39-24(34)33-7-5-32(6-8-33)23-29-22(28)21(30-31-23)18-15-17(16-19(26)20(18)27)38-14-13-37-12-11-36-10-9-35-4;1-29-6-7-30-8-9-31-10-11-32-14-12-15(17(22)16(21)13-14)18-19(23)25-20(27-26-18)28-4-2-24-3-5-28/h15-16H,5-14H2,1-4H3,(H2,28,29,31);12-13,24H,2-11H2,1H3,(H2,23,25,27). The number of carbonyl (C=O) groups is 1. The molecule has 5 N–H and O–H groups in total. The number of anilines is 4. The number of aromatic nitrogens is 6. The molecule has 4 aromatic rings. The van der Waals surface area contributed by atoms with Gasteiger partial charge in [0, 0.05) is 89.8 Å². The summed E-state index contributed by atoms with van der Waals surface area (Å²) >= 11 is 25.5. The number of hydrogen-bond acceptors (Lipinski definition) is 21. The minimum atomic E-state index is -0.550. The number of rotatable bonds is 24. The second kappa shape index (κ2) is 29.8. The molecule has 71 heavy (non-hydrogen) atoms. The topological polar surface area (TPSA) is 251 Å². The van der Waals surface area contributed by atoms with Crippen LogP contribution in [0.4, 0.5) is 28.3 Å². The van der Waals surface area contributed by atoms with Gasteiger partial charge in [-0.05, 0) is 32.9 Å². The molecule has 6 rings (SSSR count). The first-order valence-corrected chi connectivity index (χ1v) is 24.4. The highest BCUT2D eigenvalue weighted by Gasteiger charge is 2.28. The predicted molar refractivity (Wildman–Crippen MR) is 273 cm³/mol. The Morgan fingerprint density at radius 1 is 0.577 bits per heavy atom. The zero-order valence-electron chi connectivity index (χ0n) is 40.7. The molecule has 1 amide bonds. The quantitative estimate of drug-likeness (QED) is 0.0739. The van der Waals surface area contributed by atoms with Crippen molar-refractivity contribution in [2.24, 2.45) is 0 Å². The third kappa shape index (κ3) is 18.8. The number of methoxy groups -OCH3 is 2. The van der Waals surface area contributed by atoms with Crippen LogP contribution in [0.15, 0.2) is 24.3 Å². The molecule has 0 unspecified atom stereocenters. The summed E-state index contributed by atoms with van der Waals surface area (Å²) in [4.78, 5) is 26.8. The van der Waals surface area contributed by atoms with Crippen molar-refractivity contribution in [3.8, 4) is 34.0 Å². The van der Waals surface area contributed by atoms with Crippen LogP contribution in [0, 0.1) is 0 Å². The maximum absolute atomic E-state index is 12.3. The van der Waals surface area contributed by atoms with E-state index in [1.54, 1.807) is 43.4 Å². The average molecular weight is 1070 g/mol. The Hall–Kier alpha value is -4.59. The van der Waals surface area contributed by atoms with Crippen LogP contribution in [0.5, 0.6) is 11.5 Å². The van der Waals surface area contributed by atoms with Gasteiger partial charge in [-0.25, -0.2) is 4.79 Å². The number of piperazine rings is 2. The van der Waals surface area contributed by atoms with Crippen molar-refractivity contribution in [1.29, 1.82) is 0 Å². The molecule has 26 heteroatoms. The van der Waals surface area contributed by atoms with Gasteiger partial charge in [0.15, 0.2) is 11.6 Å². The Morgan fingerprint density at radius 2 is 0.972 bits per heavy atom. The van der Waals surface area contributed by atoms with E-state index in [2.05, 4.69) is 35.7 Å². The lowest BCUT2D eigenvalue weighted by Gasteiger charge is -2.35. The van der Waals surface area contributed by atoms with Crippen LogP contribution in [-0.4, -0.2) is 193 Å². The largest absolute Gasteiger partial charge is 0.491 e. The molecule has 0 aliphatic carbocycles. The van der Waals surface area contributed by atoms with Gasteiger partial charge in [-0.1, -0.05) is 46.4 Å². The highest BCUT2D eigenvalue weighted by atomic mass is 35.5. The predicted octanol–water partition coefficient (Wildman–Crippen LogP) is 5.44. The molecule has 0 bridgehead atoms. The van der Waals surface area contributed by atoms with Gasteiger partial charge in [0.25, 0.3) is 0 Å². The van der Waals surface area contributed by atoms with Gasteiger partial charge in [0.05, 0.1) is 86.2 Å². The molecule has 2 aliphatic heterocycles. The Labute approximate surface area is 434 Å².